The SMILES string of the molecule is O=C1C=CC2C=CC1C1C3c4ccccc4C(c4ccccc43)C21. The number of allylic oxidation sites excluding steroid dienone is 4. The lowest BCUT2D eigenvalue weighted by Gasteiger charge is -2.54. The van der Waals surface area contributed by atoms with Gasteiger partial charge in [-0.25, -0.2) is 0 Å². The van der Waals surface area contributed by atoms with Gasteiger partial charge in [0.2, 0.25) is 0 Å². The average Bonchev–Trinajstić information content (AvgIpc) is 2.91. The maximum atomic E-state index is 12.7. The highest BCUT2D eigenvalue weighted by Crippen LogP contribution is 2.64. The van der Waals surface area contributed by atoms with Crippen LogP contribution in [0.1, 0.15) is 34.1 Å². The minimum Gasteiger partial charge on any atom is -0.294 e. The Morgan fingerprint density at radius 1 is 0.625 bits per heavy atom. The van der Waals surface area contributed by atoms with E-state index in [2.05, 4.69) is 66.8 Å². The fraction of sp³-hybridized carbons (Fsp3) is 0.261. The quantitative estimate of drug-likeness (QED) is 0.657. The largest absolute Gasteiger partial charge is 0.294 e. The van der Waals surface area contributed by atoms with Crippen LogP contribution in [0, 0.1) is 23.7 Å². The van der Waals surface area contributed by atoms with Crippen molar-refractivity contribution in [1.29, 1.82) is 0 Å². The summed E-state index contributed by atoms with van der Waals surface area (Å²) in [5, 5.41) is 0. The Labute approximate surface area is 141 Å². The molecule has 0 N–H and O–H groups in total. The third-order valence-electron chi connectivity index (χ3n) is 6.76. The molecule has 1 heteroatoms. The summed E-state index contributed by atoms with van der Waals surface area (Å²) < 4.78 is 0. The highest BCUT2D eigenvalue weighted by molar-refractivity contribution is 5.94. The maximum absolute atomic E-state index is 12.7. The lowest BCUT2D eigenvalue weighted by atomic mass is 9.48. The Balaban J connectivity index is 1.69. The standard InChI is InChI=1S/C23H18O/c24-19-12-10-13-9-11-18(19)23-20(13)21-14-5-1-3-7-16(14)22(23)17-8-4-2-6-15(17)21/h1-13,18,20-23H. The van der Waals surface area contributed by atoms with E-state index < -0.39 is 0 Å². The van der Waals surface area contributed by atoms with Gasteiger partial charge < -0.3 is 0 Å². The first-order chi connectivity index (χ1) is 11.8. The van der Waals surface area contributed by atoms with Crippen LogP contribution >= 0.6 is 0 Å². The topological polar surface area (TPSA) is 17.1 Å². The van der Waals surface area contributed by atoms with Crippen molar-refractivity contribution in [1.82, 2.24) is 0 Å². The fourth-order valence-corrected chi connectivity index (χ4v) is 5.99. The van der Waals surface area contributed by atoms with E-state index >= 15 is 0 Å². The predicted molar refractivity (Wildman–Crippen MR) is 93.8 cm³/mol. The minimum atomic E-state index is 0.0409. The van der Waals surface area contributed by atoms with E-state index in [1.165, 1.54) is 22.3 Å². The summed E-state index contributed by atoms with van der Waals surface area (Å²) in [5.41, 5.74) is 5.89. The summed E-state index contributed by atoms with van der Waals surface area (Å²) in [5.74, 6) is 2.40. The number of ketones is 1. The molecule has 0 saturated heterocycles. The zero-order valence-electron chi connectivity index (χ0n) is 13.3. The number of fused-ring (bicyclic) bond motifs is 1. The van der Waals surface area contributed by atoms with Crippen LogP contribution in [0.25, 0.3) is 0 Å². The Kier molecular flexibility index (Phi) is 2.35. The van der Waals surface area contributed by atoms with Crippen LogP contribution in [0.5, 0.6) is 0 Å². The van der Waals surface area contributed by atoms with Crippen LogP contribution in [-0.4, -0.2) is 5.78 Å². The Bertz CT molecular complexity index is 887. The molecule has 8 rings (SSSR count). The zero-order chi connectivity index (χ0) is 15.8. The van der Waals surface area contributed by atoms with Crippen molar-refractivity contribution >= 4 is 5.78 Å². The second kappa shape index (κ2) is 4.36. The summed E-state index contributed by atoms with van der Waals surface area (Å²) in [6.45, 7) is 0. The van der Waals surface area contributed by atoms with E-state index in [0.29, 0.717) is 35.4 Å². The Morgan fingerprint density at radius 2 is 1.17 bits per heavy atom. The molecule has 0 fully saturated rings. The summed E-state index contributed by atoms with van der Waals surface area (Å²) in [6.07, 6.45) is 8.50. The second-order valence-electron chi connectivity index (χ2n) is 7.62. The number of rotatable bonds is 0. The first-order valence-corrected chi connectivity index (χ1v) is 8.92. The minimum absolute atomic E-state index is 0.0409. The van der Waals surface area contributed by atoms with Crippen molar-refractivity contribution < 1.29 is 4.79 Å². The van der Waals surface area contributed by atoms with Crippen molar-refractivity contribution in [2.75, 3.05) is 0 Å². The molecule has 24 heavy (non-hydrogen) atoms. The first kappa shape index (κ1) is 12.9. The van der Waals surface area contributed by atoms with Gasteiger partial charge in [0, 0.05) is 17.8 Å². The molecule has 0 aliphatic heterocycles. The summed E-state index contributed by atoms with van der Waals surface area (Å²) in [6, 6.07) is 17.9. The molecule has 2 aromatic carbocycles. The number of carbonyl (C=O) groups is 1. The molecule has 0 amide bonds. The fourth-order valence-electron chi connectivity index (χ4n) is 5.99. The lowest BCUT2D eigenvalue weighted by Crippen LogP contribution is -2.47. The van der Waals surface area contributed by atoms with E-state index in [1.54, 1.807) is 0 Å². The monoisotopic (exact) mass is 310 g/mol. The maximum Gasteiger partial charge on any atom is 0.162 e. The van der Waals surface area contributed by atoms with Gasteiger partial charge in [-0.3, -0.25) is 4.79 Å². The molecule has 4 atom stereocenters. The summed E-state index contributed by atoms with van der Waals surface area (Å²) in [7, 11) is 0. The molecule has 0 aromatic heterocycles. The van der Waals surface area contributed by atoms with Gasteiger partial charge in [-0.1, -0.05) is 66.8 Å². The van der Waals surface area contributed by atoms with Gasteiger partial charge in [0.25, 0.3) is 0 Å². The van der Waals surface area contributed by atoms with Gasteiger partial charge in [0.15, 0.2) is 5.78 Å². The normalized spacial score (nSPS) is 36.9. The molecular formula is C23H18O. The molecule has 4 bridgehead atoms. The molecule has 0 saturated carbocycles. The molecule has 0 spiro atoms. The highest BCUT2D eigenvalue weighted by atomic mass is 16.1. The van der Waals surface area contributed by atoms with E-state index in [-0.39, 0.29) is 5.92 Å². The predicted octanol–water partition coefficient (Wildman–Crippen LogP) is 4.45. The second-order valence-corrected chi connectivity index (χ2v) is 7.62. The number of hydrogen-bond donors (Lipinski definition) is 0. The number of benzene rings is 2. The van der Waals surface area contributed by atoms with Crippen molar-refractivity contribution in [2.45, 2.75) is 11.8 Å². The van der Waals surface area contributed by atoms with Gasteiger partial charge in [-0.15, -0.1) is 0 Å². The van der Waals surface area contributed by atoms with Crippen LogP contribution < -0.4 is 0 Å². The third kappa shape index (κ3) is 1.40. The van der Waals surface area contributed by atoms with Crippen LogP contribution in [-0.2, 0) is 4.79 Å². The van der Waals surface area contributed by atoms with Crippen molar-refractivity contribution in [3.8, 4) is 0 Å². The zero-order valence-corrected chi connectivity index (χ0v) is 13.3. The molecule has 6 aliphatic rings. The smallest absolute Gasteiger partial charge is 0.162 e. The van der Waals surface area contributed by atoms with Gasteiger partial charge >= 0.3 is 0 Å². The molecule has 0 radical (unpaired) electrons. The van der Waals surface area contributed by atoms with E-state index in [0.717, 1.165) is 0 Å². The first-order valence-electron chi connectivity index (χ1n) is 8.92. The van der Waals surface area contributed by atoms with Crippen molar-refractivity contribution in [2.24, 2.45) is 23.7 Å². The van der Waals surface area contributed by atoms with Gasteiger partial charge in [-0.05, 0) is 46.1 Å². The van der Waals surface area contributed by atoms with E-state index in [1.807, 2.05) is 6.08 Å². The molecule has 6 aliphatic carbocycles. The number of carbonyl (C=O) groups excluding carboxylic acids is 1. The Morgan fingerprint density at radius 3 is 1.75 bits per heavy atom. The van der Waals surface area contributed by atoms with Crippen molar-refractivity contribution in [3.63, 3.8) is 0 Å². The van der Waals surface area contributed by atoms with Gasteiger partial charge in [0.1, 0.15) is 0 Å². The lowest BCUT2D eigenvalue weighted by molar-refractivity contribution is -0.119. The van der Waals surface area contributed by atoms with Crippen LogP contribution in [0.15, 0.2) is 72.8 Å². The molecule has 0 heterocycles. The van der Waals surface area contributed by atoms with Crippen LogP contribution in [0.3, 0.4) is 0 Å². The molecule has 4 unspecified atom stereocenters. The molecule has 1 nitrogen and oxygen atoms in total. The van der Waals surface area contributed by atoms with Gasteiger partial charge in [0.05, 0.1) is 0 Å². The third-order valence-corrected chi connectivity index (χ3v) is 6.76. The average molecular weight is 310 g/mol. The molecule has 116 valence electrons. The Hall–Kier alpha value is -2.41. The van der Waals surface area contributed by atoms with E-state index in [4.69, 9.17) is 0 Å². The van der Waals surface area contributed by atoms with Crippen LogP contribution in [0.4, 0.5) is 0 Å². The van der Waals surface area contributed by atoms with Crippen molar-refractivity contribution in [3.05, 3.63) is 95.1 Å². The summed E-state index contributed by atoms with van der Waals surface area (Å²) in [4.78, 5) is 12.7. The van der Waals surface area contributed by atoms with E-state index in [9.17, 15) is 4.79 Å². The van der Waals surface area contributed by atoms with Crippen LogP contribution in [0.2, 0.25) is 0 Å². The number of hydrogen-bond acceptors (Lipinski definition) is 1. The summed E-state index contributed by atoms with van der Waals surface area (Å²) >= 11 is 0. The molecule has 2 aromatic rings. The highest BCUT2D eigenvalue weighted by Gasteiger charge is 2.56. The van der Waals surface area contributed by atoms with Gasteiger partial charge in [-0.2, -0.15) is 0 Å². The molecular weight excluding hydrogens is 292 g/mol.